The molecule has 0 aliphatic rings. The summed E-state index contributed by atoms with van der Waals surface area (Å²) in [7, 11) is -1.88. The van der Waals surface area contributed by atoms with Crippen molar-refractivity contribution in [1.29, 1.82) is 0 Å². The van der Waals surface area contributed by atoms with E-state index in [-0.39, 0.29) is 12.1 Å². The van der Waals surface area contributed by atoms with Crippen LogP contribution in [0.4, 0.5) is 0 Å². The summed E-state index contributed by atoms with van der Waals surface area (Å²) in [6.45, 7) is 5.50. The molecule has 0 amide bonds. The average molecular weight is 335 g/mol. The van der Waals surface area contributed by atoms with Gasteiger partial charge in [-0.1, -0.05) is 28.1 Å². The van der Waals surface area contributed by atoms with E-state index in [9.17, 15) is 8.42 Å². The summed E-state index contributed by atoms with van der Waals surface area (Å²) in [5.41, 5.74) is 0.921. The van der Waals surface area contributed by atoms with Gasteiger partial charge in [0, 0.05) is 23.6 Å². The molecule has 1 aromatic rings. The molecule has 0 radical (unpaired) electrons. The Kier molecular flexibility index (Phi) is 5.33. The van der Waals surface area contributed by atoms with Gasteiger partial charge in [0.2, 0.25) is 0 Å². The molecular formula is C12H19BrN2O2S. The first-order valence-corrected chi connectivity index (χ1v) is 7.98. The quantitative estimate of drug-likeness (QED) is 0.899. The van der Waals surface area contributed by atoms with Crippen molar-refractivity contribution in [2.24, 2.45) is 0 Å². The molecule has 4 nitrogen and oxygen atoms in total. The summed E-state index contributed by atoms with van der Waals surface area (Å²) in [4.78, 5) is 0. The van der Waals surface area contributed by atoms with Crippen molar-refractivity contribution in [2.75, 3.05) is 7.05 Å². The molecule has 18 heavy (non-hydrogen) atoms. The molecule has 1 rings (SSSR count). The minimum atomic E-state index is -3.45. The second-order valence-electron chi connectivity index (χ2n) is 4.51. The molecular weight excluding hydrogens is 316 g/mol. The van der Waals surface area contributed by atoms with E-state index in [1.807, 2.05) is 45.0 Å². The third-order valence-corrected chi connectivity index (χ3v) is 5.11. The van der Waals surface area contributed by atoms with Gasteiger partial charge in [0.1, 0.15) is 0 Å². The molecule has 102 valence electrons. The van der Waals surface area contributed by atoms with E-state index in [1.54, 1.807) is 7.05 Å². The van der Waals surface area contributed by atoms with E-state index in [0.29, 0.717) is 0 Å². The van der Waals surface area contributed by atoms with Gasteiger partial charge >= 0.3 is 0 Å². The fraction of sp³-hybridized carbons (Fsp3) is 0.500. The second kappa shape index (κ2) is 6.14. The van der Waals surface area contributed by atoms with Gasteiger partial charge < -0.3 is 0 Å². The lowest BCUT2D eigenvalue weighted by atomic mass is 10.1. The SMILES string of the molecule is CC(NS(=O)(=O)N(C)C(C)C)c1cccc(Br)c1. The van der Waals surface area contributed by atoms with Crippen molar-refractivity contribution in [1.82, 2.24) is 9.03 Å². The van der Waals surface area contributed by atoms with Crippen LogP contribution in [0.2, 0.25) is 0 Å². The highest BCUT2D eigenvalue weighted by Crippen LogP contribution is 2.19. The maximum absolute atomic E-state index is 12.0. The largest absolute Gasteiger partial charge is 0.279 e. The van der Waals surface area contributed by atoms with Crippen LogP contribution in [-0.4, -0.2) is 25.8 Å². The zero-order valence-electron chi connectivity index (χ0n) is 11.0. The molecule has 0 aliphatic heterocycles. The molecule has 1 aromatic carbocycles. The van der Waals surface area contributed by atoms with Crippen molar-refractivity contribution in [3.8, 4) is 0 Å². The van der Waals surface area contributed by atoms with Gasteiger partial charge in [-0.25, -0.2) is 0 Å². The Balaban J connectivity index is 2.85. The van der Waals surface area contributed by atoms with Crippen molar-refractivity contribution in [3.05, 3.63) is 34.3 Å². The Morgan fingerprint density at radius 3 is 2.39 bits per heavy atom. The fourth-order valence-electron chi connectivity index (χ4n) is 1.43. The van der Waals surface area contributed by atoms with Crippen molar-refractivity contribution in [3.63, 3.8) is 0 Å². The zero-order chi connectivity index (χ0) is 13.9. The highest BCUT2D eigenvalue weighted by Gasteiger charge is 2.22. The van der Waals surface area contributed by atoms with Crippen molar-refractivity contribution in [2.45, 2.75) is 32.9 Å². The molecule has 0 aromatic heterocycles. The number of rotatable bonds is 5. The molecule has 1 unspecified atom stereocenters. The lowest BCUT2D eigenvalue weighted by Crippen LogP contribution is -2.42. The molecule has 0 heterocycles. The molecule has 0 fully saturated rings. The van der Waals surface area contributed by atoms with E-state index in [4.69, 9.17) is 0 Å². The molecule has 0 saturated carbocycles. The number of hydrogen-bond acceptors (Lipinski definition) is 2. The van der Waals surface area contributed by atoms with Gasteiger partial charge in [-0.15, -0.1) is 0 Å². The smallest absolute Gasteiger partial charge is 0.195 e. The first-order valence-electron chi connectivity index (χ1n) is 5.75. The Morgan fingerprint density at radius 2 is 1.89 bits per heavy atom. The molecule has 0 spiro atoms. The maximum Gasteiger partial charge on any atom is 0.279 e. The third kappa shape index (κ3) is 4.05. The predicted octanol–water partition coefficient (Wildman–Crippen LogP) is 2.68. The molecule has 6 heteroatoms. The summed E-state index contributed by atoms with van der Waals surface area (Å²) in [5, 5.41) is 0. The number of nitrogens with one attached hydrogen (secondary N) is 1. The first kappa shape index (κ1) is 15.6. The van der Waals surface area contributed by atoms with E-state index < -0.39 is 10.2 Å². The van der Waals surface area contributed by atoms with Crippen molar-refractivity contribution >= 4 is 26.1 Å². The topological polar surface area (TPSA) is 49.4 Å². The van der Waals surface area contributed by atoms with Gasteiger partial charge in [0.05, 0.1) is 0 Å². The number of benzene rings is 1. The van der Waals surface area contributed by atoms with Crippen LogP contribution in [0, 0.1) is 0 Å². The van der Waals surface area contributed by atoms with Crippen LogP contribution >= 0.6 is 15.9 Å². The highest BCUT2D eigenvalue weighted by molar-refractivity contribution is 9.10. The number of halogens is 1. The minimum Gasteiger partial charge on any atom is -0.195 e. The second-order valence-corrected chi connectivity index (χ2v) is 7.19. The van der Waals surface area contributed by atoms with Gasteiger partial charge in [0.15, 0.2) is 0 Å². The molecule has 0 aliphatic carbocycles. The van der Waals surface area contributed by atoms with E-state index in [1.165, 1.54) is 4.31 Å². The van der Waals surface area contributed by atoms with E-state index >= 15 is 0 Å². The summed E-state index contributed by atoms with van der Waals surface area (Å²) in [5.74, 6) is 0. The maximum atomic E-state index is 12.0. The summed E-state index contributed by atoms with van der Waals surface area (Å²) >= 11 is 3.37. The normalized spacial score (nSPS) is 14.2. The van der Waals surface area contributed by atoms with Gasteiger partial charge in [-0.05, 0) is 38.5 Å². The van der Waals surface area contributed by atoms with Gasteiger partial charge in [-0.3, -0.25) is 0 Å². The van der Waals surface area contributed by atoms with Crippen LogP contribution in [-0.2, 0) is 10.2 Å². The predicted molar refractivity (Wildman–Crippen MR) is 77.5 cm³/mol. The van der Waals surface area contributed by atoms with Crippen LogP contribution < -0.4 is 4.72 Å². The van der Waals surface area contributed by atoms with Crippen LogP contribution in [0.1, 0.15) is 32.4 Å². The summed E-state index contributed by atoms with van der Waals surface area (Å²) < 4.78 is 29.0. The monoisotopic (exact) mass is 334 g/mol. The molecule has 0 bridgehead atoms. The Hall–Kier alpha value is -0.430. The Labute approximate surface area is 118 Å². The Morgan fingerprint density at radius 1 is 1.28 bits per heavy atom. The summed E-state index contributed by atoms with van der Waals surface area (Å²) in [6, 6.07) is 7.25. The Bertz CT molecular complexity index is 503. The lowest BCUT2D eigenvalue weighted by Gasteiger charge is -2.24. The van der Waals surface area contributed by atoms with Crippen molar-refractivity contribution < 1.29 is 8.42 Å². The molecule has 1 N–H and O–H groups in total. The van der Waals surface area contributed by atoms with Crippen LogP contribution in [0.5, 0.6) is 0 Å². The third-order valence-electron chi connectivity index (χ3n) is 2.78. The zero-order valence-corrected chi connectivity index (χ0v) is 13.4. The average Bonchev–Trinajstić information content (AvgIpc) is 2.27. The standard InChI is InChI=1S/C12H19BrN2O2S/c1-9(2)15(4)18(16,17)14-10(3)11-6-5-7-12(13)8-11/h5-10,14H,1-4H3. The molecule has 1 atom stereocenters. The van der Waals surface area contributed by atoms with Gasteiger partial charge in [-0.2, -0.15) is 17.4 Å². The lowest BCUT2D eigenvalue weighted by molar-refractivity contribution is 0.398. The first-order chi connectivity index (χ1) is 8.24. The van der Waals surface area contributed by atoms with Crippen LogP contribution in [0.15, 0.2) is 28.7 Å². The fourth-order valence-corrected chi connectivity index (χ4v) is 3.15. The minimum absolute atomic E-state index is 0.0720. The number of nitrogens with zero attached hydrogens (tertiary/aromatic N) is 1. The van der Waals surface area contributed by atoms with E-state index in [0.717, 1.165) is 10.0 Å². The van der Waals surface area contributed by atoms with Crippen LogP contribution in [0.25, 0.3) is 0 Å². The van der Waals surface area contributed by atoms with Gasteiger partial charge in [0.25, 0.3) is 10.2 Å². The van der Waals surface area contributed by atoms with E-state index in [2.05, 4.69) is 20.7 Å². The summed E-state index contributed by atoms with van der Waals surface area (Å²) in [6.07, 6.45) is 0. The molecule has 0 saturated heterocycles. The van der Waals surface area contributed by atoms with Crippen LogP contribution in [0.3, 0.4) is 0 Å². The number of hydrogen-bond donors (Lipinski definition) is 1. The highest BCUT2D eigenvalue weighted by atomic mass is 79.9.